The van der Waals surface area contributed by atoms with Gasteiger partial charge in [-0.15, -0.1) is 11.8 Å². The summed E-state index contributed by atoms with van der Waals surface area (Å²) in [5.74, 6) is -0.712. The minimum Gasteiger partial charge on any atom is -0.481 e. The molecule has 1 rings (SSSR count). The fraction of sp³-hybridized carbons (Fsp3) is 0.385. The monoisotopic (exact) mass is 301 g/mol. The molecule has 6 heteroatoms. The number of carbonyl (C=O) groups is 2. The summed E-state index contributed by atoms with van der Waals surface area (Å²) >= 11 is 7.34. The van der Waals surface area contributed by atoms with Crippen LogP contribution in [0.4, 0.5) is 0 Å². The van der Waals surface area contributed by atoms with Crippen LogP contribution in [-0.2, 0) is 9.59 Å². The van der Waals surface area contributed by atoms with E-state index in [0.29, 0.717) is 11.4 Å². The summed E-state index contributed by atoms with van der Waals surface area (Å²) in [4.78, 5) is 22.9. The minimum absolute atomic E-state index is 0.0547. The molecular formula is C13H16ClNO3S. The highest BCUT2D eigenvalue weighted by atomic mass is 35.5. The molecule has 1 aromatic rings. The van der Waals surface area contributed by atoms with Crippen molar-refractivity contribution < 1.29 is 14.7 Å². The van der Waals surface area contributed by atoms with Crippen molar-refractivity contribution in [2.75, 3.05) is 5.75 Å². The van der Waals surface area contributed by atoms with Gasteiger partial charge in [-0.25, -0.2) is 0 Å². The first-order valence-corrected chi connectivity index (χ1v) is 7.24. The van der Waals surface area contributed by atoms with Gasteiger partial charge < -0.3 is 10.4 Å². The third-order valence-corrected chi connectivity index (χ3v) is 3.91. The van der Waals surface area contributed by atoms with Crippen LogP contribution in [-0.4, -0.2) is 28.8 Å². The Morgan fingerprint density at radius 1 is 1.42 bits per heavy atom. The SMILES string of the molecule is CC(CCC(=O)O)NC(=O)CSc1ccccc1Cl. The van der Waals surface area contributed by atoms with Crippen molar-refractivity contribution in [3.05, 3.63) is 29.3 Å². The van der Waals surface area contributed by atoms with E-state index >= 15 is 0 Å². The van der Waals surface area contributed by atoms with Gasteiger partial charge in [-0.3, -0.25) is 9.59 Å². The number of aliphatic carboxylic acids is 1. The van der Waals surface area contributed by atoms with Crippen LogP contribution in [0.25, 0.3) is 0 Å². The smallest absolute Gasteiger partial charge is 0.303 e. The predicted octanol–water partition coefficient (Wildman–Crippen LogP) is 2.80. The van der Waals surface area contributed by atoms with E-state index < -0.39 is 5.97 Å². The van der Waals surface area contributed by atoms with Gasteiger partial charge in [0, 0.05) is 17.4 Å². The summed E-state index contributed by atoms with van der Waals surface area (Å²) in [7, 11) is 0. The third kappa shape index (κ3) is 6.50. The summed E-state index contributed by atoms with van der Waals surface area (Å²) in [6.45, 7) is 1.79. The summed E-state index contributed by atoms with van der Waals surface area (Å²) in [6, 6.07) is 7.18. The number of amides is 1. The van der Waals surface area contributed by atoms with E-state index in [1.165, 1.54) is 11.8 Å². The Morgan fingerprint density at radius 2 is 2.11 bits per heavy atom. The lowest BCUT2D eigenvalue weighted by Gasteiger charge is -2.12. The highest BCUT2D eigenvalue weighted by Crippen LogP contribution is 2.26. The molecule has 0 aliphatic rings. The maximum absolute atomic E-state index is 11.7. The number of nitrogens with one attached hydrogen (secondary N) is 1. The van der Waals surface area contributed by atoms with E-state index in [-0.39, 0.29) is 24.1 Å². The molecule has 0 bridgehead atoms. The number of halogens is 1. The average molecular weight is 302 g/mol. The lowest BCUT2D eigenvalue weighted by atomic mass is 10.2. The topological polar surface area (TPSA) is 66.4 Å². The zero-order chi connectivity index (χ0) is 14.3. The summed E-state index contributed by atoms with van der Waals surface area (Å²) in [5.41, 5.74) is 0. The normalized spacial score (nSPS) is 11.9. The molecule has 1 amide bonds. The van der Waals surface area contributed by atoms with E-state index in [9.17, 15) is 9.59 Å². The third-order valence-electron chi connectivity index (χ3n) is 2.39. The fourth-order valence-electron chi connectivity index (χ4n) is 1.43. The van der Waals surface area contributed by atoms with Gasteiger partial charge in [0.15, 0.2) is 0 Å². The Morgan fingerprint density at radius 3 is 2.74 bits per heavy atom. The molecule has 104 valence electrons. The highest BCUT2D eigenvalue weighted by molar-refractivity contribution is 8.00. The van der Waals surface area contributed by atoms with Crippen LogP contribution >= 0.6 is 23.4 Å². The van der Waals surface area contributed by atoms with Crippen molar-refractivity contribution in [3.63, 3.8) is 0 Å². The van der Waals surface area contributed by atoms with Crippen LogP contribution in [0, 0.1) is 0 Å². The number of carboxylic acid groups (broad SMARTS) is 1. The van der Waals surface area contributed by atoms with Gasteiger partial charge in [-0.05, 0) is 25.5 Å². The summed E-state index contributed by atoms with van der Waals surface area (Å²) in [5, 5.41) is 11.9. The standard InChI is InChI=1S/C13H16ClNO3S/c1-9(6-7-13(17)18)15-12(16)8-19-11-5-3-2-4-10(11)14/h2-5,9H,6-8H2,1H3,(H,15,16)(H,17,18). The Kier molecular flexibility index (Phi) is 6.73. The van der Waals surface area contributed by atoms with Crippen LogP contribution in [0.15, 0.2) is 29.2 Å². The lowest BCUT2D eigenvalue weighted by Crippen LogP contribution is -2.34. The second-order valence-electron chi connectivity index (χ2n) is 4.12. The molecule has 0 aliphatic carbocycles. The molecule has 1 atom stereocenters. The van der Waals surface area contributed by atoms with E-state index in [4.69, 9.17) is 16.7 Å². The van der Waals surface area contributed by atoms with Gasteiger partial charge in [0.1, 0.15) is 0 Å². The summed E-state index contributed by atoms with van der Waals surface area (Å²) in [6.07, 6.45) is 0.483. The molecule has 0 fully saturated rings. The molecule has 2 N–H and O–H groups in total. The van der Waals surface area contributed by atoms with Crippen molar-refractivity contribution in [2.24, 2.45) is 0 Å². The average Bonchev–Trinajstić information content (AvgIpc) is 2.35. The summed E-state index contributed by atoms with van der Waals surface area (Å²) < 4.78 is 0. The zero-order valence-electron chi connectivity index (χ0n) is 10.6. The molecule has 0 aliphatic heterocycles. The molecule has 0 heterocycles. The minimum atomic E-state index is -0.855. The number of benzene rings is 1. The molecule has 19 heavy (non-hydrogen) atoms. The molecule has 0 saturated heterocycles. The fourth-order valence-corrected chi connectivity index (χ4v) is 2.48. The number of hydrogen-bond donors (Lipinski definition) is 2. The van der Waals surface area contributed by atoms with Gasteiger partial charge in [0.05, 0.1) is 10.8 Å². The maximum Gasteiger partial charge on any atom is 0.303 e. The number of carbonyl (C=O) groups excluding carboxylic acids is 1. The number of carboxylic acids is 1. The molecule has 4 nitrogen and oxygen atoms in total. The number of rotatable bonds is 7. The van der Waals surface area contributed by atoms with Crippen LogP contribution < -0.4 is 5.32 Å². The van der Waals surface area contributed by atoms with Crippen LogP contribution in [0.5, 0.6) is 0 Å². The van der Waals surface area contributed by atoms with Crippen LogP contribution in [0.3, 0.4) is 0 Å². The van der Waals surface area contributed by atoms with Crippen molar-refractivity contribution in [2.45, 2.75) is 30.7 Å². The largest absolute Gasteiger partial charge is 0.481 e. The number of hydrogen-bond acceptors (Lipinski definition) is 3. The van der Waals surface area contributed by atoms with Crippen LogP contribution in [0.2, 0.25) is 5.02 Å². The van der Waals surface area contributed by atoms with E-state index in [0.717, 1.165) is 4.90 Å². The molecule has 0 saturated carbocycles. The second kappa shape index (κ2) is 8.07. The van der Waals surface area contributed by atoms with Crippen molar-refractivity contribution in [3.8, 4) is 0 Å². The first kappa shape index (κ1) is 15.9. The van der Waals surface area contributed by atoms with E-state index in [1.807, 2.05) is 18.2 Å². The lowest BCUT2D eigenvalue weighted by molar-refractivity contribution is -0.137. The first-order valence-electron chi connectivity index (χ1n) is 5.87. The zero-order valence-corrected chi connectivity index (χ0v) is 12.1. The Balaban J connectivity index is 2.32. The molecule has 0 radical (unpaired) electrons. The second-order valence-corrected chi connectivity index (χ2v) is 5.54. The van der Waals surface area contributed by atoms with Crippen molar-refractivity contribution >= 4 is 35.2 Å². The highest BCUT2D eigenvalue weighted by Gasteiger charge is 2.10. The number of thioether (sulfide) groups is 1. The van der Waals surface area contributed by atoms with Crippen molar-refractivity contribution in [1.29, 1.82) is 0 Å². The van der Waals surface area contributed by atoms with Crippen molar-refractivity contribution in [1.82, 2.24) is 5.32 Å². The quantitative estimate of drug-likeness (QED) is 0.760. The van der Waals surface area contributed by atoms with Crippen LogP contribution in [0.1, 0.15) is 19.8 Å². The van der Waals surface area contributed by atoms with Gasteiger partial charge >= 0.3 is 5.97 Å². The van der Waals surface area contributed by atoms with Gasteiger partial charge in [0.2, 0.25) is 5.91 Å². The molecule has 0 aromatic heterocycles. The molecule has 1 aromatic carbocycles. The van der Waals surface area contributed by atoms with E-state index in [1.54, 1.807) is 13.0 Å². The Bertz CT molecular complexity index is 453. The van der Waals surface area contributed by atoms with Gasteiger partial charge in [-0.1, -0.05) is 23.7 Å². The van der Waals surface area contributed by atoms with E-state index in [2.05, 4.69) is 5.32 Å². The Labute approximate surface area is 121 Å². The predicted molar refractivity (Wildman–Crippen MR) is 76.7 cm³/mol. The van der Waals surface area contributed by atoms with Gasteiger partial charge in [0.25, 0.3) is 0 Å². The molecular weight excluding hydrogens is 286 g/mol. The maximum atomic E-state index is 11.7. The molecule has 1 unspecified atom stereocenters. The van der Waals surface area contributed by atoms with Gasteiger partial charge in [-0.2, -0.15) is 0 Å². The first-order chi connectivity index (χ1) is 8.99. The molecule has 0 spiro atoms. The Hall–Kier alpha value is -1.20.